The summed E-state index contributed by atoms with van der Waals surface area (Å²) in [5.41, 5.74) is 3.16. The molecule has 0 saturated carbocycles. The van der Waals surface area contributed by atoms with Crippen molar-refractivity contribution >= 4 is 23.6 Å². The number of carbonyl (C=O) groups excluding carboxylic acids is 3. The molecule has 4 rings (SSSR count). The Morgan fingerprint density at radius 2 is 1.55 bits per heavy atom. The van der Waals surface area contributed by atoms with E-state index in [2.05, 4.69) is 11.4 Å². The number of nitrogens with one attached hydrogen (secondary N) is 1. The lowest BCUT2D eigenvalue weighted by molar-refractivity contribution is -0.156. The minimum atomic E-state index is -0.353. The molecular formula is C24H27N3O4. The van der Waals surface area contributed by atoms with E-state index < -0.39 is 0 Å². The minimum Gasteiger partial charge on any atom is -0.455 e. The van der Waals surface area contributed by atoms with Crippen LogP contribution in [0.1, 0.15) is 24.0 Å². The van der Waals surface area contributed by atoms with Crippen LogP contribution in [0.2, 0.25) is 0 Å². The molecule has 0 bridgehead atoms. The monoisotopic (exact) mass is 421 g/mol. The van der Waals surface area contributed by atoms with Crippen LogP contribution in [0.15, 0.2) is 54.6 Å². The van der Waals surface area contributed by atoms with Crippen LogP contribution in [0.5, 0.6) is 0 Å². The standard InChI is InChI=1S/C24H27N3O4/c28-22(27-15-10-18-6-4-5-7-20(18)16-27)17-31-23(29)19-11-13-26(14-12-19)24(30)25-21-8-2-1-3-9-21/h1-9,19H,10-17H2,(H,25,30). The molecule has 0 spiro atoms. The third-order valence-electron chi connectivity index (χ3n) is 5.96. The Kier molecular flexibility index (Phi) is 6.50. The van der Waals surface area contributed by atoms with Crippen molar-refractivity contribution in [3.63, 3.8) is 0 Å². The van der Waals surface area contributed by atoms with Gasteiger partial charge in [-0.15, -0.1) is 0 Å². The Morgan fingerprint density at radius 3 is 2.29 bits per heavy atom. The number of piperidine rings is 1. The van der Waals surface area contributed by atoms with E-state index in [1.165, 1.54) is 5.56 Å². The smallest absolute Gasteiger partial charge is 0.321 e. The number of fused-ring (bicyclic) bond motifs is 1. The second-order valence-corrected chi connectivity index (χ2v) is 8.00. The van der Waals surface area contributed by atoms with Crippen molar-refractivity contribution in [3.8, 4) is 0 Å². The topological polar surface area (TPSA) is 79.0 Å². The molecule has 3 amide bonds. The highest BCUT2D eigenvalue weighted by Gasteiger charge is 2.29. The lowest BCUT2D eigenvalue weighted by Gasteiger charge is -2.31. The van der Waals surface area contributed by atoms with Gasteiger partial charge in [0.2, 0.25) is 0 Å². The number of urea groups is 1. The predicted molar refractivity (Wildman–Crippen MR) is 116 cm³/mol. The van der Waals surface area contributed by atoms with Crippen molar-refractivity contribution < 1.29 is 19.1 Å². The molecule has 0 atom stereocenters. The summed E-state index contributed by atoms with van der Waals surface area (Å²) in [7, 11) is 0. The van der Waals surface area contributed by atoms with E-state index in [1.807, 2.05) is 48.5 Å². The summed E-state index contributed by atoms with van der Waals surface area (Å²) in [6, 6.07) is 17.2. The molecule has 2 aliphatic rings. The van der Waals surface area contributed by atoms with Gasteiger partial charge in [-0.2, -0.15) is 0 Å². The number of hydrogen-bond donors (Lipinski definition) is 1. The summed E-state index contributed by atoms with van der Waals surface area (Å²) in [4.78, 5) is 40.8. The molecule has 2 heterocycles. The number of esters is 1. The van der Waals surface area contributed by atoms with Crippen LogP contribution in [0.3, 0.4) is 0 Å². The molecule has 162 valence electrons. The largest absolute Gasteiger partial charge is 0.455 e. The van der Waals surface area contributed by atoms with Crippen LogP contribution in [-0.4, -0.2) is 53.9 Å². The number of amides is 3. The lowest BCUT2D eigenvalue weighted by atomic mass is 9.97. The summed E-state index contributed by atoms with van der Waals surface area (Å²) in [5.74, 6) is -0.799. The fourth-order valence-corrected chi connectivity index (χ4v) is 4.09. The van der Waals surface area contributed by atoms with E-state index in [4.69, 9.17) is 4.74 Å². The van der Waals surface area contributed by atoms with Crippen LogP contribution in [-0.2, 0) is 27.3 Å². The van der Waals surface area contributed by atoms with Crippen LogP contribution in [0, 0.1) is 5.92 Å². The molecule has 7 heteroatoms. The van der Waals surface area contributed by atoms with Crippen LogP contribution in [0.25, 0.3) is 0 Å². The average molecular weight is 421 g/mol. The van der Waals surface area contributed by atoms with Gasteiger partial charge in [0, 0.05) is 31.9 Å². The number of benzene rings is 2. The van der Waals surface area contributed by atoms with Crippen LogP contribution < -0.4 is 5.32 Å². The summed E-state index contributed by atoms with van der Waals surface area (Å²) in [6.45, 7) is 1.93. The molecule has 2 aromatic rings. The van der Waals surface area contributed by atoms with Crippen LogP contribution in [0.4, 0.5) is 10.5 Å². The number of ether oxygens (including phenoxy) is 1. The molecule has 7 nitrogen and oxygen atoms in total. The summed E-state index contributed by atoms with van der Waals surface area (Å²) in [6.07, 6.45) is 1.89. The molecule has 0 radical (unpaired) electrons. The summed E-state index contributed by atoms with van der Waals surface area (Å²) in [5, 5.41) is 2.86. The molecule has 0 aliphatic carbocycles. The molecule has 1 fully saturated rings. The van der Waals surface area contributed by atoms with Crippen molar-refractivity contribution in [2.24, 2.45) is 5.92 Å². The number of hydrogen-bond acceptors (Lipinski definition) is 4. The Balaban J connectivity index is 1.20. The fraction of sp³-hybridized carbons (Fsp3) is 0.375. The zero-order chi connectivity index (χ0) is 21.6. The van der Waals surface area contributed by atoms with Crippen molar-refractivity contribution in [2.45, 2.75) is 25.8 Å². The zero-order valence-electron chi connectivity index (χ0n) is 17.5. The molecule has 2 aliphatic heterocycles. The highest BCUT2D eigenvalue weighted by Crippen LogP contribution is 2.21. The SMILES string of the molecule is O=C(OCC(=O)N1CCc2ccccc2C1)C1CCN(C(=O)Nc2ccccc2)CC1. The van der Waals surface area contributed by atoms with E-state index in [1.54, 1.807) is 9.80 Å². The van der Waals surface area contributed by atoms with Gasteiger partial charge < -0.3 is 19.9 Å². The number of carbonyl (C=O) groups is 3. The Labute approximate surface area is 182 Å². The highest BCUT2D eigenvalue weighted by atomic mass is 16.5. The number of likely N-dealkylation sites (tertiary alicyclic amines) is 1. The number of para-hydroxylation sites is 1. The van der Waals surface area contributed by atoms with Gasteiger partial charge in [-0.05, 0) is 42.5 Å². The van der Waals surface area contributed by atoms with Crippen molar-refractivity contribution in [2.75, 3.05) is 31.6 Å². The maximum atomic E-state index is 12.5. The van der Waals surface area contributed by atoms with E-state index in [0.29, 0.717) is 39.0 Å². The first-order valence-corrected chi connectivity index (χ1v) is 10.7. The van der Waals surface area contributed by atoms with Crippen molar-refractivity contribution in [1.82, 2.24) is 9.80 Å². The second kappa shape index (κ2) is 9.64. The minimum absolute atomic E-state index is 0.164. The molecule has 0 aromatic heterocycles. The molecule has 31 heavy (non-hydrogen) atoms. The maximum absolute atomic E-state index is 12.5. The van der Waals surface area contributed by atoms with E-state index in [-0.39, 0.29) is 30.4 Å². The third kappa shape index (κ3) is 5.23. The van der Waals surface area contributed by atoms with E-state index in [9.17, 15) is 14.4 Å². The van der Waals surface area contributed by atoms with Gasteiger partial charge in [0.05, 0.1) is 5.92 Å². The highest BCUT2D eigenvalue weighted by molar-refractivity contribution is 5.89. The predicted octanol–water partition coefficient (Wildman–Crippen LogP) is 3.06. The summed E-state index contributed by atoms with van der Waals surface area (Å²) >= 11 is 0. The Bertz CT molecular complexity index is 939. The number of nitrogens with zero attached hydrogens (tertiary/aromatic N) is 2. The van der Waals surface area contributed by atoms with Gasteiger partial charge in [-0.3, -0.25) is 9.59 Å². The first kappa shape index (κ1) is 20.9. The number of rotatable bonds is 4. The van der Waals surface area contributed by atoms with Gasteiger partial charge in [-0.25, -0.2) is 4.79 Å². The molecule has 2 aromatic carbocycles. The van der Waals surface area contributed by atoms with Crippen molar-refractivity contribution in [1.29, 1.82) is 0 Å². The molecule has 1 saturated heterocycles. The molecular weight excluding hydrogens is 394 g/mol. The third-order valence-corrected chi connectivity index (χ3v) is 5.96. The normalized spacial score (nSPS) is 16.4. The van der Waals surface area contributed by atoms with Crippen molar-refractivity contribution in [3.05, 3.63) is 65.7 Å². The van der Waals surface area contributed by atoms with Gasteiger partial charge >= 0.3 is 12.0 Å². The zero-order valence-corrected chi connectivity index (χ0v) is 17.5. The molecule has 1 N–H and O–H groups in total. The van der Waals surface area contributed by atoms with Gasteiger partial charge in [0.1, 0.15) is 0 Å². The summed E-state index contributed by atoms with van der Waals surface area (Å²) < 4.78 is 5.33. The van der Waals surface area contributed by atoms with Crippen LogP contribution >= 0.6 is 0 Å². The fourth-order valence-electron chi connectivity index (χ4n) is 4.09. The first-order chi connectivity index (χ1) is 15.1. The first-order valence-electron chi connectivity index (χ1n) is 10.7. The number of anilines is 1. The Hall–Kier alpha value is -3.35. The Morgan fingerprint density at radius 1 is 0.871 bits per heavy atom. The van der Waals surface area contributed by atoms with E-state index in [0.717, 1.165) is 17.7 Å². The molecule has 0 unspecified atom stereocenters. The van der Waals surface area contributed by atoms with Gasteiger partial charge in [0.15, 0.2) is 6.61 Å². The lowest BCUT2D eigenvalue weighted by Crippen LogP contribution is -2.43. The maximum Gasteiger partial charge on any atom is 0.321 e. The quantitative estimate of drug-likeness (QED) is 0.770. The average Bonchev–Trinajstić information content (AvgIpc) is 2.82. The second-order valence-electron chi connectivity index (χ2n) is 8.00. The van der Waals surface area contributed by atoms with E-state index >= 15 is 0 Å². The van der Waals surface area contributed by atoms with Gasteiger partial charge in [0.25, 0.3) is 5.91 Å². The van der Waals surface area contributed by atoms with Gasteiger partial charge in [-0.1, -0.05) is 42.5 Å².